The second kappa shape index (κ2) is 3.59. The van der Waals surface area contributed by atoms with Crippen molar-refractivity contribution in [1.82, 2.24) is 4.98 Å². The Bertz CT molecular complexity index is 602. The van der Waals surface area contributed by atoms with Crippen molar-refractivity contribution in [1.29, 1.82) is 0 Å². The van der Waals surface area contributed by atoms with Crippen molar-refractivity contribution in [3.05, 3.63) is 40.0 Å². The molecule has 80 valence electrons. The Kier molecular flexibility index (Phi) is 2.21. The van der Waals surface area contributed by atoms with E-state index in [2.05, 4.69) is 27.0 Å². The monoisotopic (exact) mass is 274 g/mol. The van der Waals surface area contributed by atoms with Gasteiger partial charge in [-0.3, -0.25) is 4.98 Å². The average molecular weight is 275 g/mol. The Hall–Kier alpha value is -1.35. The van der Waals surface area contributed by atoms with Crippen LogP contribution in [0.15, 0.2) is 28.7 Å². The Morgan fingerprint density at radius 2 is 2.00 bits per heavy atom. The molecular formula is C13H11BrN2. The molecule has 0 saturated heterocycles. The fraction of sp³-hybridized carbons (Fsp3) is 0.154. The van der Waals surface area contributed by atoms with Gasteiger partial charge in [-0.25, -0.2) is 0 Å². The predicted octanol–water partition coefficient (Wildman–Crippen LogP) is 3.50. The van der Waals surface area contributed by atoms with Gasteiger partial charge in [-0.1, -0.05) is 34.1 Å². The Morgan fingerprint density at radius 3 is 2.88 bits per heavy atom. The minimum absolute atomic E-state index is 0.845. The zero-order valence-electron chi connectivity index (χ0n) is 8.70. The van der Waals surface area contributed by atoms with Crippen LogP contribution in [-0.4, -0.2) is 4.98 Å². The van der Waals surface area contributed by atoms with Crippen LogP contribution in [0.1, 0.15) is 17.7 Å². The van der Waals surface area contributed by atoms with Gasteiger partial charge < -0.3 is 5.73 Å². The molecule has 1 aliphatic carbocycles. The van der Waals surface area contributed by atoms with Gasteiger partial charge in [0, 0.05) is 10.9 Å². The van der Waals surface area contributed by atoms with Crippen molar-refractivity contribution in [2.75, 3.05) is 5.73 Å². The molecule has 2 aromatic rings. The number of nitrogens with two attached hydrogens (primary N) is 1. The highest BCUT2D eigenvalue weighted by Gasteiger charge is 2.15. The first-order valence-electron chi connectivity index (χ1n) is 5.29. The lowest BCUT2D eigenvalue weighted by Crippen LogP contribution is -2.04. The molecule has 3 rings (SSSR count). The van der Waals surface area contributed by atoms with Gasteiger partial charge in [0.25, 0.3) is 0 Å². The van der Waals surface area contributed by atoms with Crippen molar-refractivity contribution < 1.29 is 0 Å². The standard InChI is InChI=1S/C13H11BrN2/c14-8-5-6-12-10(7-8)13(15)9-3-1-2-4-11(9)16-12/h1-4,7H,5-6H2,(H2,15,16). The third-order valence-corrected chi connectivity index (χ3v) is 3.58. The second-order valence-corrected chi connectivity index (χ2v) is 5.01. The molecular weight excluding hydrogens is 264 g/mol. The number of aromatic nitrogens is 1. The van der Waals surface area contributed by atoms with Crippen molar-refractivity contribution >= 4 is 38.6 Å². The van der Waals surface area contributed by atoms with Crippen molar-refractivity contribution in [2.45, 2.75) is 12.8 Å². The zero-order valence-corrected chi connectivity index (χ0v) is 10.3. The smallest absolute Gasteiger partial charge is 0.0726 e. The maximum Gasteiger partial charge on any atom is 0.0726 e. The number of nitrogens with zero attached hydrogens (tertiary/aromatic N) is 1. The Morgan fingerprint density at radius 1 is 1.19 bits per heavy atom. The number of anilines is 1. The minimum atomic E-state index is 0.845. The first kappa shape index (κ1) is 9.85. The summed E-state index contributed by atoms with van der Waals surface area (Å²) < 4.78 is 1.20. The molecule has 2 N–H and O–H groups in total. The summed E-state index contributed by atoms with van der Waals surface area (Å²) in [4.78, 5) is 4.67. The van der Waals surface area contributed by atoms with E-state index >= 15 is 0 Å². The summed E-state index contributed by atoms with van der Waals surface area (Å²) in [5.41, 5.74) is 10.2. The number of rotatable bonds is 0. The van der Waals surface area contributed by atoms with E-state index in [9.17, 15) is 0 Å². The highest BCUT2D eigenvalue weighted by Crippen LogP contribution is 2.33. The van der Waals surface area contributed by atoms with Gasteiger partial charge >= 0.3 is 0 Å². The molecule has 0 fully saturated rings. The third kappa shape index (κ3) is 1.43. The molecule has 0 unspecified atom stereocenters. The van der Waals surface area contributed by atoms with Crippen LogP contribution in [0.4, 0.5) is 5.69 Å². The number of allylic oxidation sites excluding steroid dienone is 1. The summed E-state index contributed by atoms with van der Waals surface area (Å²) in [7, 11) is 0. The van der Waals surface area contributed by atoms with Crippen LogP contribution in [0.2, 0.25) is 0 Å². The number of hydrogen-bond donors (Lipinski definition) is 1. The molecule has 0 radical (unpaired) electrons. The molecule has 1 aromatic heterocycles. The molecule has 1 aliphatic rings. The summed E-state index contributed by atoms with van der Waals surface area (Å²) in [6.45, 7) is 0. The first-order chi connectivity index (χ1) is 7.75. The third-order valence-electron chi connectivity index (χ3n) is 2.95. The number of para-hydroxylation sites is 1. The van der Waals surface area contributed by atoms with Gasteiger partial charge in [-0.05, 0) is 29.5 Å². The molecule has 0 saturated carbocycles. The van der Waals surface area contributed by atoms with E-state index in [4.69, 9.17) is 5.73 Å². The molecule has 1 heterocycles. The van der Waals surface area contributed by atoms with E-state index in [1.165, 1.54) is 4.48 Å². The first-order valence-corrected chi connectivity index (χ1v) is 6.08. The lowest BCUT2D eigenvalue weighted by molar-refractivity contribution is 0.932. The van der Waals surface area contributed by atoms with Crippen LogP contribution in [0.25, 0.3) is 17.0 Å². The number of pyridine rings is 1. The largest absolute Gasteiger partial charge is 0.398 e. The van der Waals surface area contributed by atoms with Gasteiger partial charge in [-0.15, -0.1) is 0 Å². The van der Waals surface area contributed by atoms with E-state index in [1.807, 2.05) is 24.3 Å². The molecule has 0 amide bonds. The fourth-order valence-corrected chi connectivity index (χ4v) is 2.55. The number of nitrogen functional groups attached to an aromatic ring is 1. The minimum Gasteiger partial charge on any atom is -0.398 e. The van der Waals surface area contributed by atoms with Crippen LogP contribution in [0.3, 0.4) is 0 Å². The molecule has 0 aliphatic heterocycles. The SMILES string of the molecule is Nc1c2c(nc3ccccc13)CCC(Br)=C2. The van der Waals surface area contributed by atoms with Gasteiger partial charge in [0.1, 0.15) is 0 Å². The zero-order chi connectivity index (χ0) is 11.1. The van der Waals surface area contributed by atoms with Crippen LogP contribution in [0.5, 0.6) is 0 Å². The molecule has 2 nitrogen and oxygen atoms in total. The van der Waals surface area contributed by atoms with E-state index in [1.54, 1.807) is 0 Å². The van der Waals surface area contributed by atoms with E-state index < -0.39 is 0 Å². The van der Waals surface area contributed by atoms with Crippen molar-refractivity contribution in [2.24, 2.45) is 0 Å². The highest BCUT2D eigenvalue weighted by atomic mass is 79.9. The number of aryl methyl sites for hydroxylation is 1. The van der Waals surface area contributed by atoms with Crippen LogP contribution < -0.4 is 5.73 Å². The number of benzene rings is 1. The summed E-state index contributed by atoms with van der Waals surface area (Å²) in [6, 6.07) is 8.03. The lowest BCUT2D eigenvalue weighted by Gasteiger charge is -2.16. The maximum absolute atomic E-state index is 6.20. The molecule has 1 aromatic carbocycles. The van der Waals surface area contributed by atoms with Gasteiger partial charge in [-0.2, -0.15) is 0 Å². The normalized spacial score (nSPS) is 14.7. The summed E-state index contributed by atoms with van der Waals surface area (Å²) in [6.07, 6.45) is 4.06. The lowest BCUT2D eigenvalue weighted by atomic mass is 9.98. The quantitative estimate of drug-likeness (QED) is 0.799. The summed E-state index contributed by atoms with van der Waals surface area (Å²) >= 11 is 3.53. The average Bonchev–Trinajstić information content (AvgIpc) is 2.31. The fourth-order valence-electron chi connectivity index (χ4n) is 2.12. The van der Waals surface area contributed by atoms with Gasteiger partial charge in [0.15, 0.2) is 0 Å². The molecule has 16 heavy (non-hydrogen) atoms. The van der Waals surface area contributed by atoms with Crippen LogP contribution >= 0.6 is 15.9 Å². The van der Waals surface area contributed by atoms with E-state index in [0.29, 0.717) is 0 Å². The molecule has 0 spiro atoms. The highest BCUT2D eigenvalue weighted by molar-refractivity contribution is 9.11. The summed E-state index contributed by atoms with van der Waals surface area (Å²) in [5, 5.41) is 1.04. The molecule has 0 bridgehead atoms. The van der Waals surface area contributed by atoms with Crippen molar-refractivity contribution in [3.63, 3.8) is 0 Å². The van der Waals surface area contributed by atoms with E-state index in [0.717, 1.165) is 40.7 Å². The number of fused-ring (bicyclic) bond motifs is 2. The number of halogens is 1. The molecule has 3 heteroatoms. The topological polar surface area (TPSA) is 38.9 Å². The van der Waals surface area contributed by atoms with Gasteiger partial charge in [0.05, 0.1) is 16.9 Å². The Labute approximate surface area is 102 Å². The van der Waals surface area contributed by atoms with Gasteiger partial charge in [0.2, 0.25) is 0 Å². The predicted molar refractivity (Wildman–Crippen MR) is 71.4 cm³/mol. The second-order valence-electron chi connectivity index (χ2n) is 3.99. The molecule has 0 atom stereocenters. The number of hydrogen-bond acceptors (Lipinski definition) is 2. The maximum atomic E-state index is 6.20. The Balaban J connectivity index is 2.39. The van der Waals surface area contributed by atoms with Crippen LogP contribution in [0, 0.1) is 0 Å². The summed E-state index contributed by atoms with van der Waals surface area (Å²) in [5.74, 6) is 0. The van der Waals surface area contributed by atoms with Crippen molar-refractivity contribution in [3.8, 4) is 0 Å². The van der Waals surface area contributed by atoms with Crippen LogP contribution in [-0.2, 0) is 6.42 Å². The van der Waals surface area contributed by atoms with E-state index in [-0.39, 0.29) is 0 Å².